The molecule has 0 spiro atoms. The van der Waals surface area contributed by atoms with Crippen molar-refractivity contribution in [3.05, 3.63) is 11.3 Å². The Bertz CT molecular complexity index is 563. The van der Waals surface area contributed by atoms with E-state index in [4.69, 9.17) is 4.74 Å². The van der Waals surface area contributed by atoms with Crippen molar-refractivity contribution in [2.45, 2.75) is 24.4 Å². The van der Waals surface area contributed by atoms with Crippen LogP contribution in [0.15, 0.2) is 5.16 Å². The molecule has 1 aliphatic carbocycles. The molecule has 0 saturated carbocycles. The lowest BCUT2D eigenvalue weighted by Crippen LogP contribution is -2.18. The minimum atomic E-state index is -3.50. The predicted octanol–water partition coefficient (Wildman–Crippen LogP) is 0.408. The molecule has 0 atom stereocenters. The Kier molecular flexibility index (Phi) is 2.86. The number of carbonyl (C=O) groups excluding carboxylic acids is 1. The molecule has 1 aromatic rings. The predicted molar refractivity (Wildman–Crippen MR) is 59.0 cm³/mol. The van der Waals surface area contributed by atoms with Gasteiger partial charge in [0.2, 0.25) is 20.9 Å². The summed E-state index contributed by atoms with van der Waals surface area (Å²) in [5.41, 5.74) is 0.791. The Morgan fingerprint density at radius 1 is 1.24 bits per heavy atom. The fourth-order valence-corrected chi connectivity index (χ4v) is 2.30. The van der Waals surface area contributed by atoms with Crippen LogP contribution in [-0.4, -0.2) is 37.5 Å². The van der Waals surface area contributed by atoms with Gasteiger partial charge in [-0.25, -0.2) is 13.4 Å². The first-order chi connectivity index (χ1) is 7.93. The van der Waals surface area contributed by atoms with Crippen molar-refractivity contribution >= 4 is 15.6 Å². The smallest absolute Gasteiger partial charge is 0.250 e. The number of aromatic nitrogens is 2. The summed E-state index contributed by atoms with van der Waals surface area (Å²) in [6, 6.07) is 0. The van der Waals surface area contributed by atoms with Gasteiger partial charge in [0, 0.05) is 12.7 Å². The number of hydrogen-bond acceptors (Lipinski definition) is 6. The van der Waals surface area contributed by atoms with Crippen LogP contribution in [0.1, 0.15) is 28.9 Å². The Hall–Kier alpha value is -1.50. The van der Waals surface area contributed by atoms with E-state index in [1.54, 1.807) is 0 Å². The summed E-state index contributed by atoms with van der Waals surface area (Å²) in [4.78, 5) is 19.4. The van der Waals surface area contributed by atoms with Gasteiger partial charge in [0.25, 0.3) is 0 Å². The molecule has 6 nitrogen and oxygen atoms in total. The van der Waals surface area contributed by atoms with Gasteiger partial charge in [-0.2, -0.15) is 4.98 Å². The Morgan fingerprint density at radius 3 is 2.53 bits per heavy atom. The van der Waals surface area contributed by atoms with Crippen LogP contribution in [0.4, 0.5) is 0 Å². The average Bonchev–Trinajstić information content (AvgIpc) is 2.26. The number of methoxy groups -OCH3 is 1. The molecule has 0 bridgehead atoms. The van der Waals surface area contributed by atoms with Crippen LogP contribution < -0.4 is 4.74 Å². The molecular weight excluding hydrogens is 244 g/mol. The third-order valence-corrected chi connectivity index (χ3v) is 3.40. The highest BCUT2D eigenvalue weighted by molar-refractivity contribution is 7.90. The van der Waals surface area contributed by atoms with Crippen LogP contribution in [0.25, 0.3) is 0 Å². The van der Waals surface area contributed by atoms with Crippen molar-refractivity contribution in [1.29, 1.82) is 0 Å². The summed E-state index contributed by atoms with van der Waals surface area (Å²) < 4.78 is 27.8. The monoisotopic (exact) mass is 256 g/mol. The first kappa shape index (κ1) is 12.0. The lowest BCUT2D eigenvalue weighted by molar-refractivity contribution is 0.0966. The molecule has 2 rings (SSSR count). The fourth-order valence-electron chi connectivity index (χ4n) is 1.78. The van der Waals surface area contributed by atoms with Gasteiger partial charge in [-0.15, -0.1) is 0 Å². The molecule has 0 radical (unpaired) electrons. The average molecular weight is 256 g/mol. The molecule has 0 N–H and O–H groups in total. The van der Waals surface area contributed by atoms with Crippen LogP contribution >= 0.6 is 0 Å². The van der Waals surface area contributed by atoms with Crippen molar-refractivity contribution in [3.8, 4) is 5.88 Å². The summed E-state index contributed by atoms with van der Waals surface area (Å²) in [5.74, 6) is -0.0386. The number of nitrogens with zero attached hydrogens (tertiary/aromatic N) is 2. The van der Waals surface area contributed by atoms with Crippen molar-refractivity contribution in [1.82, 2.24) is 9.97 Å². The summed E-state index contributed by atoms with van der Waals surface area (Å²) in [6.45, 7) is 0. The van der Waals surface area contributed by atoms with Crippen LogP contribution in [0.3, 0.4) is 0 Å². The molecule has 92 valence electrons. The second kappa shape index (κ2) is 4.06. The quantitative estimate of drug-likeness (QED) is 0.712. The highest BCUT2D eigenvalue weighted by Gasteiger charge is 2.27. The lowest BCUT2D eigenvalue weighted by Gasteiger charge is -2.16. The molecule has 1 aromatic heterocycles. The number of fused-ring (bicyclic) bond motifs is 1. The van der Waals surface area contributed by atoms with Crippen molar-refractivity contribution in [2.24, 2.45) is 0 Å². The van der Waals surface area contributed by atoms with E-state index in [1.807, 2.05) is 0 Å². The number of carbonyl (C=O) groups is 1. The molecule has 0 unspecified atom stereocenters. The van der Waals surface area contributed by atoms with Gasteiger partial charge in [0.15, 0.2) is 5.78 Å². The van der Waals surface area contributed by atoms with Gasteiger partial charge in [0.05, 0.1) is 12.8 Å². The third-order valence-electron chi connectivity index (χ3n) is 2.55. The molecular formula is C10H12N2O4S. The molecule has 0 amide bonds. The maximum atomic E-state index is 11.7. The van der Waals surface area contributed by atoms with Gasteiger partial charge in [0.1, 0.15) is 5.56 Å². The largest absolute Gasteiger partial charge is 0.480 e. The lowest BCUT2D eigenvalue weighted by atomic mass is 9.96. The third kappa shape index (κ3) is 2.14. The van der Waals surface area contributed by atoms with Crippen molar-refractivity contribution < 1.29 is 17.9 Å². The minimum absolute atomic E-state index is 0.0557. The second-order valence-corrected chi connectivity index (χ2v) is 5.80. The van der Waals surface area contributed by atoms with Gasteiger partial charge >= 0.3 is 0 Å². The van der Waals surface area contributed by atoms with Crippen LogP contribution in [0.2, 0.25) is 0 Å². The summed E-state index contributed by atoms with van der Waals surface area (Å²) in [6.07, 6.45) is 2.70. The van der Waals surface area contributed by atoms with E-state index in [1.165, 1.54) is 7.11 Å². The zero-order valence-electron chi connectivity index (χ0n) is 9.56. The van der Waals surface area contributed by atoms with Gasteiger partial charge in [-0.1, -0.05) is 0 Å². The van der Waals surface area contributed by atoms with E-state index in [2.05, 4.69) is 9.97 Å². The van der Waals surface area contributed by atoms with Gasteiger partial charge < -0.3 is 4.74 Å². The zero-order valence-corrected chi connectivity index (χ0v) is 10.4. The maximum Gasteiger partial charge on any atom is 0.250 e. The number of ether oxygens (including phenoxy) is 1. The van der Waals surface area contributed by atoms with Crippen molar-refractivity contribution in [2.75, 3.05) is 13.4 Å². The molecule has 0 aromatic carbocycles. The molecule has 1 aliphatic rings. The molecule has 7 heteroatoms. The Balaban J connectivity index is 2.69. The van der Waals surface area contributed by atoms with E-state index >= 15 is 0 Å². The van der Waals surface area contributed by atoms with Gasteiger partial charge in [-0.05, 0) is 12.8 Å². The van der Waals surface area contributed by atoms with E-state index in [0.29, 0.717) is 30.5 Å². The van der Waals surface area contributed by atoms with Crippen LogP contribution in [-0.2, 0) is 16.3 Å². The number of hydrogen-bond donors (Lipinski definition) is 0. The number of Topliss-reactive ketones (excluding diaryl/α,β-unsaturated/α-hetero) is 1. The SMILES string of the molecule is COc1nc(S(C)(=O)=O)nc2c1C(=O)CCC2. The number of rotatable bonds is 2. The van der Waals surface area contributed by atoms with Crippen LogP contribution in [0.5, 0.6) is 5.88 Å². The van der Waals surface area contributed by atoms with E-state index in [9.17, 15) is 13.2 Å². The maximum absolute atomic E-state index is 11.7. The van der Waals surface area contributed by atoms with E-state index in [-0.39, 0.29) is 16.8 Å². The first-order valence-electron chi connectivity index (χ1n) is 5.11. The highest BCUT2D eigenvalue weighted by atomic mass is 32.2. The van der Waals surface area contributed by atoms with Crippen molar-refractivity contribution in [3.63, 3.8) is 0 Å². The number of ketones is 1. The Labute approximate surface area is 99.0 Å². The second-order valence-electron chi connectivity index (χ2n) is 3.89. The standard InChI is InChI=1S/C10H12N2O4S/c1-16-9-8-6(4-3-5-7(8)13)11-10(12-9)17(2,14)15/h3-5H2,1-2H3. The summed E-state index contributed by atoms with van der Waals surface area (Å²) in [7, 11) is -2.14. The van der Waals surface area contributed by atoms with E-state index in [0.717, 1.165) is 6.26 Å². The van der Waals surface area contributed by atoms with Crippen LogP contribution in [0, 0.1) is 0 Å². The fraction of sp³-hybridized carbons (Fsp3) is 0.500. The zero-order chi connectivity index (χ0) is 12.6. The topological polar surface area (TPSA) is 86.2 Å². The molecule has 17 heavy (non-hydrogen) atoms. The van der Waals surface area contributed by atoms with Gasteiger partial charge in [-0.3, -0.25) is 4.79 Å². The number of sulfone groups is 1. The first-order valence-corrected chi connectivity index (χ1v) is 7.01. The Morgan fingerprint density at radius 2 is 1.94 bits per heavy atom. The molecule has 0 saturated heterocycles. The molecule has 0 aliphatic heterocycles. The molecule has 1 heterocycles. The molecule has 0 fully saturated rings. The minimum Gasteiger partial charge on any atom is -0.480 e. The van der Waals surface area contributed by atoms with E-state index < -0.39 is 9.84 Å². The normalized spacial score (nSPS) is 15.5. The summed E-state index contributed by atoms with van der Waals surface area (Å²) >= 11 is 0. The summed E-state index contributed by atoms with van der Waals surface area (Å²) in [5, 5.41) is -0.289. The number of aryl methyl sites for hydroxylation is 1. The highest BCUT2D eigenvalue weighted by Crippen LogP contribution is 2.27.